The van der Waals surface area contributed by atoms with E-state index in [0.29, 0.717) is 0 Å². The molecule has 0 bridgehead atoms. The fourth-order valence-corrected chi connectivity index (χ4v) is 1.63. The monoisotopic (exact) mass is 230 g/mol. The van der Waals surface area contributed by atoms with Crippen molar-refractivity contribution in [3.05, 3.63) is 42.1 Å². The van der Waals surface area contributed by atoms with E-state index in [0.717, 1.165) is 16.6 Å². The van der Waals surface area contributed by atoms with Gasteiger partial charge in [0.2, 0.25) is 5.91 Å². The number of aromatic nitrogens is 1. The fraction of sp³-hybridized carbons (Fsp3) is 0.231. The molecule has 4 nitrogen and oxygen atoms in total. The second kappa shape index (κ2) is 5.41. The van der Waals surface area contributed by atoms with Crippen LogP contribution >= 0.6 is 0 Å². The van der Waals surface area contributed by atoms with Gasteiger partial charge in [0.25, 0.3) is 0 Å². The lowest BCUT2D eigenvalue weighted by atomic mass is 10.2. The van der Waals surface area contributed by atoms with E-state index in [-0.39, 0.29) is 25.5 Å². The summed E-state index contributed by atoms with van der Waals surface area (Å²) in [4.78, 5) is 15.8. The quantitative estimate of drug-likeness (QED) is 0.819. The van der Waals surface area contributed by atoms with Crippen LogP contribution in [0.3, 0.4) is 0 Å². The summed E-state index contributed by atoms with van der Waals surface area (Å²) in [7, 11) is 0. The minimum atomic E-state index is -0.123. The molecule has 0 spiro atoms. The Kier molecular flexibility index (Phi) is 3.67. The van der Waals surface area contributed by atoms with Crippen molar-refractivity contribution in [3.8, 4) is 0 Å². The van der Waals surface area contributed by atoms with Gasteiger partial charge in [-0.3, -0.25) is 9.78 Å². The van der Waals surface area contributed by atoms with E-state index < -0.39 is 0 Å². The summed E-state index contributed by atoms with van der Waals surface area (Å²) in [5.74, 6) is -0.123. The first-order valence-electron chi connectivity index (χ1n) is 5.52. The van der Waals surface area contributed by atoms with Crippen LogP contribution < -0.4 is 5.32 Å². The highest BCUT2D eigenvalue weighted by Gasteiger charge is 2.04. The number of nitrogens with one attached hydrogen (secondary N) is 1. The summed E-state index contributed by atoms with van der Waals surface area (Å²) in [6, 6.07) is 11.6. The van der Waals surface area contributed by atoms with Crippen molar-refractivity contribution in [2.24, 2.45) is 0 Å². The summed E-state index contributed by atoms with van der Waals surface area (Å²) in [6.45, 7) is 0.239. The van der Waals surface area contributed by atoms with E-state index in [1.54, 1.807) is 0 Å². The van der Waals surface area contributed by atoms with Crippen LogP contribution in [0, 0.1) is 0 Å². The van der Waals surface area contributed by atoms with Gasteiger partial charge in [-0.1, -0.05) is 24.3 Å². The number of hydrogen-bond acceptors (Lipinski definition) is 3. The number of aliphatic hydroxyl groups is 1. The lowest BCUT2D eigenvalue weighted by Crippen LogP contribution is -2.28. The van der Waals surface area contributed by atoms with Gasteiger partial charge in [-0.25, -0.2) is 0 Å². The topological polar surface area (TPSA) is 62.2 Å². The van der Waals surface area contributed by atoms with E-state index in [1.165, 1.54) is 0 Å². The Morgan fingerprint density at radius 2 is 2.06 bits per heavy atom. The van der Waals surface area contributed by atoms with Crippen LogP contribution in [0.1, 0.15) is 5.69 Å². The zero-order valence-corrected chi connectivity index (χ0v) is 9.39. The lowest BCUT2D eigenvalue weighted by Gasteiger charge is -2.04. The van der Waals surface area contributed by atoms with Gasteiger partial charge >= 0.3 is 0 Å². The molecule has 0 radical (unpaired) electrons. The van der Waals surface area contributed by atoms with Gasteiger partial charge in [-0.05, 0) is 12.1 Å². The number of nitrogens with zero attached hydrogens (tertiary/aromatic N) is 1. The number of carbonyl (C=O) groups is 1. The minimum Gasteiger partial charge on any atom is -0.395 e. The molecule has 1 aromatic carbocycles. The van der Waals surface area contributed by atoms with Crippen LogP contribution in [0.25, 0.3) is 10.9 Å². The Balaban J connectivity index is 2.11. The van der Waals surface area contributed by atoms with E-state index in [2.05, 4.69) is 10.3 Å². The van der Waals surface area contributed by atoms with Gasteiger partial charge in [0.15, 0.2) is 0 Å². The van der Waals surface area contributed by atoms with Crippen LogP contribution in [0.15, 0.2) is 36.4 Å². The average molecular weight is 230 g/mol. The van der Waals surface area contributed by atoms with Crippen molar-refractivity contribution < 1.29 is 9.90 Å². The minimum absolute atomic E-state index is 0.0448. The zero-order chi connectivity index (χ0) is 12.1. The van der Waals surface area contributed by atoms with Crippen LogP contribution in [0.2, 0.25) is 0 Å². The Bertz CT molecular complexity index is 526. The van der Waals surface area contributed by atoms with Crippen molar-refractivity contribution >= 4 is 16.8 Å². The molecule has 17 heavy (non-hydrogen) atoms. The summed E-state index contributed by atoms with van der Waals surface area (Å²) in [5.41, 5.74) is 1.62. The van der Waals surface area contributed by atoms with Crippen LogP contribution in [0.4, 0.5) is 0 Å². The molecule has 1 aromatic heterocycles. The summed E-state index contributed by atoms with van der Waals surface area (Å²) >= 11 is 0. The molecular formula is C13H14N2O2. The highest BCUT2D eigenvalue weighted by atomic mass is 16.3. The molecule has 0 aliphatic heterocycles. The number of amides is 1. The normalized spacial score (nSPS) is 10.4. The fourth-order valence-electron chi connectivity index (χ4n) is 1.63. The van der Waals surface area contributed by atoms with Crippen molar-refractivity contribution in [3.63, 3.8) is 0 Å². The Morgan fingerprint density at radius 3 is 2.88 bits per heavy atom. The standard InChI is InChI=1S/C13H14N2O2/c16-8-7-14-13(17)9-11-6-5-10-3-1-2-4-12(10)15-11/h1-6,16H,7-9H2,(H,14,17). The van der Waals surface area contributed by atoms with Crippen molar-refractivity contribution in [2.75, 3.05) is 13.2 Å². The van der Waals surface area contributed by atoms with E-state index in [4.69, 9.17) is 5.11 Å². The highest BCUT2D eigenvalue weighted by Crippen LogP contribution is 2.11. The Morgan fingerprint density at radius 1 is 1.24 bits per heavy atom. The van der Waals surface area contributed by atoms with Crippen LogP contribution in [-0.4, -0.2) is 29.1 Å². The molecule has 1 heterocycles. The molecule has 0 saturated heterocycles. The smallest absolute Gasteiger partial charge is 0.226 e. The number of rotatable bonds is 4. The molecule has 0 aliphatic rings. The summed E-state index contributed by atoms with van der Waals surface area (Å²) in [5, 5.41) is 12.3. The zero-order valence-electron chi connectivity index (χ0n) is 9.39. The highest BCUT2D eigenvalue weighted by molar-refractivity contribution is 5.81. The van der Waals surface area contributed by atoms with E-state index in [9.17, 15) is 4.79 Å². The molecule has 2 aromatic rings. The number of carbonyl (C=O) groups excluding carboxylic acids is 1. The van der Waals surface area contributed by atoms with Crippen molar-refractivity contribution in [1.82, 2.24) is 10.3 Å². The maximum absolute atomic E-state index is 11.4. The summed E-state index contributed by atoms with van der Waals surface area (Å²) in [6.07, 6.45) is 0.241. The number of hydrogen-bond donors (Lipinski definition) is 2. The number of pyridine rings is 1. The molecule has 2 N–H and O–H groups in total. The van der Waals surface area contributed by atoms with E-state index >= 15 is 0 Å². The molecule has 4 heteroatoms. The van der Waals surface area contributed by atoms with Crippen molar-refractivity contribution in [2.45, 2.75) is 6.42 Å². The molecule has 0 unspecified atom stereocenters. The first-order chi connectivity index (χ1) is 8.29. The maximum Gasteiger partial charge on any atom is 0.226 e. The predicted octanol–water partition coefficient (Wildman–Crippen LogP) is 0.886. The molecule has 1 amide bonds. The SMILES string of the molecule is O=C(Cc1ccc2ccccc2n1)NCCO. The molecular weight excluding hydrogens is 216 g/mol. The molecule has 0 fully saturated rings. The third-order valence-corrected chi connectivity index (χ3v) is 2.43. The first kappa shape index (κ1) is 11.5. The maximum atomic E-state index is 11.4. The average Bonchev–Trinajstić information content (AvgIpc) is 2.36. The largest absolute Gasteiger partial charge is 0.395 e. The van der Waals surface area contributed by atoms with E-state index in [1.807, 2.05) is 36.4 Å². The third-order valence-electron chi connectivity index (χ3n) is 2.43. The first-order valence-corrected chi connectivity index (χ1v) is 5.52. The number of benzene rings is 1. The second-order valence-corrected chi connectivity index (χ2v) is 3.75. The number of para-hydroxylation sites is 1. The van der Waals surface area contributed by atoms with Gasteiger partial charge in [0.05, 0.1) is 24.2 Å². The van der Waals surface area contributed by atoms with Gasteiger partial charge in [0.1, 0.15) is 0 Å². The molecule has 0 saturated carbocycles. The summed E-state index contributed by atoms with van der Waals surface area (Å²) < 4.78 is 0. The predicted molar refractivity (Wildman–Crippen MR) is 65.5 cm³/mol. The van der Waals surface area contributed by atoms with Crippen LogP contribution in [0.5, 0.6) is 0 Å². The Labute approximate surface area is 99.3 Å². The van der Waals surface area contributed by atoms with Crippen LogP contribution in [-0.2, 0) is 11.2 Å². The van der Waals surface area contributed by atoms with Gasteiger partial charge in [-0.2, -0.15) is 0 Å². The molecule has 0 aliphatic carbocycles. The Hall–Kier alpha value is -1.94. The lowest BCUT2D eigenvalue weighted by molar-refractivity contribution is -0.120. The third kappa shape index (κ3) is 3.01. The van der Waals surface area contributed by atoms with Gasteiger partial charge < -0.3 is 10.4 Å². The molecule has 2 rings (SSSR count). The number of aliphatic hydroxyl groups excluding tert-OH is 1. The van der Waals surface area contributed by atoms with Gasteiger partial charge in [0, 0.05) is 11.9 Å². The molecule has 88 valence electrons. The van der Waals surface area contributed by atoms with Gasteiger partial charge in [-0.15, -0.1) is 0 Å². The van der Waals surface area contributed by atoms with Crippen molar-refractivity contribution in [1.29, 1.82) is 0 Å². The molecule has 0 atom stereocenters. The number of fused-ring (bicyclic) bond motifs is 1. The second-order valence-electron chi connectivity index (χ2n) is 3.75.